The van der Waals surface area contributed by atoms with Crippen LogP contribution in [0.25, 0.3) is 0 Å². The van der Waals surface area contributed by atoms with Gasteiger partial charge in [0.25, 0.3) is 0 Å². The molecular weight excluding hydrogens is 268 g/mol. The first-order valence-corrected chi connectivity index (χ1v) is 7.63. The van der Waals surface area contributed by atoms with Gasteiger partial charge >= 0.3 is 0 Å². The molecule has 0 unspecified atom stereocenters. The molecule has 0 aromatic heterocycles. The Morgan fingerprint density at radius 2 is 1.84 bits per heavy atom. The highest BCUT2D eigenvalue weighted by Gasteiger charge is 2.47. The molecule has 1 aromatic carbocycles. The average Bonchev–Trinajstić information content (AvgIpc) is 3.11. The van der Waals surface area contributed by atoms with Gasteiger partial charge in [0.1, 0.15) is 5.69 Å². The summed E-state index contributed by atoms with van der Waals surface area (Å²) in [5.74, 6) is -0.103. The molecule has 2 nitrogen and oxygen atoms in total. The van der Waals surface area contributed by atoms with E-state index in [1.807, 2.05) is 6.92 Å². The van der Waals surface area contributed by atoms with Crippen LogP contribution in [0.5, 0.6) is 0 Å². The fourth-order valence-electron chi connectivity index (χ4n) is 2.62. The number of epoxide rings is 1. The van der Waals surface area contributed by atoms with Gasteiger partial charge in [-0.2, -0.15) is 0 Å². The lowest BCUT2D eigenvalue weighted by Gasteiger charge is -2.32. The molecule has 1 spiro atoms. The van der Waals surface area contributed by atoms with Crippen molar-refractivity contribution in [3.05, 3.63) is 23.8 Å². The number of benzene rings is 1. The van der Waals surface area contributed by atoms with Crippen LogP contribution in [0.2, 0.25) is 0 Å². The normalized spacial score (nSPS) is 20.9. The number of hydrogen-bond acceptors (Lipinski definition) is 3. The summed E-state index contributed by atoms with van der Waals surface area (Å²) in [5.41, 5.74) is 0.150. The van der Waals surface area contributed by atoms with Crippen molar-refractivity contribution in [1.29, 1.82) is 0 Å². The molecule has 3 rings (SSSR count). The van der Waals surface area contributed by atoms with E-state index < -0.39 is 11.6 Å². The Balaban J connectivity index is 1.80. The van der Waals surface area contributed by atoms with Crippen molar-refractivity contribution in [2.24, 2.45) is 0 Å². The summed E-state index contributed by atoms with van der Waals surface area (Å²) in [4.78, 5) is 2.46. The molecule has 0 atom stereocenters. The lowest BCUT2D eigenvalue weighted by Crippen LogP contribution is -2.38. The highest BCUT2D eigenvalue weighted by molar-refractivity contribution is 7.99. The third kappa shape index (κ3) is 2.58. The van der Waals surface area contributed by atoms with E-state index in [9.17, 15) is 8.78 Å². The monoisotopic (exact) mass is 285 g/mol. The molecule has 0 saturated carbocycles. The van der Waals surface area contributed by atoms with Gasteiger partial charge in [0, 0.05) is 18.0 Å². The Morgan fingerprint density at radius 3 is 2.32 bits per heavy atom. The number of nitrogens with zero attached hydrogens (tertiary/aromatic N) is 1. The van der Waals surface area contributed by atoms with Crippen molar-refractivity contribution < 1.29 is 13.5 Å². The average molecular weight is 285 g/mol. The summed E-state index contributed by atoms with van der Waals surface area (Å²) in [6.45, 7) is 4.09. The molecule has 104 valence electrons. The quantitative estimate of drug-likeness (QED) is 0.625. The van der Waals surface area contributed by atoms with Gasteiger partial charge in [0.15, 0.2) is 11.6 Å². The Kier molecular flexibility index (Phi) is 3.43. The SMILES string of the molecule is CCSc1cc(F)c(N2CCC3(CC2)CO3)c(F)c1. The summed E-state index contributed by atoms with van der Waals surface area (Å²) >= 11 is 1.45. The smallest absolute Gasteiger partial charge is 0.150 e. The Morgan fingerprint density at radius 1 is 1.26 bits per heavy atom. The van der Waals surface area contributed by atoms with Gasteiger partial charge < -0.3 is 9.64 Å². The number of hydrogen-bond donors (Lipinski definition) is 0. The molecule has 0 bridgehead atoms. The lowest BCUT2D eigenvalue weighted by molar-refractivity contribution is 0.257. The van der Waals surface area contributed by atoms with Crippen LogP contribution in [0.1, 0.15) is 19.8 Å². The number of anilines is 1. The van der Waals surface area contributed by atoms with E-state index in [0.29, 0.717) is 18.0 Å². The topological polar surface area (TPSA) is 15.8 Å². The van der Waals surface area contributed by atoms with Crippen LogP contribution >= 0.6 is 11.8 Å². The molecule has 0 amide bonds. The maximum atomic E-state index is 14.1. The van der Waals surface area contributed by atoms with Crippen molar-refractivity contribution in [3.8, 4) is 0 Å². The summed E-state index contributed by atoms with van der Waals surface area (Å²) in [7, 11) is 0. The van der Waals surface area contributed by atoms with E-state index in [0.717, 1.165) is 25.2 Å². The minimum absolute atomic E-state index is 0.0292. The lowest BCUT2D eigenvalue weighted by atomic mass is 9.97. The highest BCUT2D eigenvalue weighted by Crippen LogP contribution is 2.40. The van der Waals surface area contributed by atoms with E-state index in [2.05, 4.69) is 0 Å². The zero-order valence-corrected chi connectivity index (χ0v) is 11.7. The van der Waals surface area contributed by atoms with Crippen molar-refractivity contribution in [2.45, 2.75) is 30.3 Å². The fourth-order valence-corrected chi connectivity index (χ4v) is 3.33. The summed E-state index contributed by atoms with van der Waals surface area (Å²) in [6, 6.07) is 2.87. The number of thioether (sulfide) groups is 1. The van der Waals surface area contributed by atoms with E-state index >= 15 is 0 Å². The first-order chi connectivity index (χ1) is 9.13. The first kappa shape index (κ1) is 13.2. The van der Waals surface area contributed by atoms with Crippen LogP contribution < -0.4 is 4.90 Å². The van der Waals surface area contributed by atoms with Crippen LogP contribution in [0.3, 0.4) is 0 Å². The van der Waals surface area contributed by atoms with Crippen LogP contribution in [-0.4, -0.2) is 31.1 Å². The van der Waals surface area contributed by atoms with Crippen molar-refractivity contribution in [1.82, 2.24) is 0 Å². The molecule has 0 N–H and O–H groups in total. The number of ether oxygens (including phenoxy) is 1. The zero-order valence-electron chi connectivity index (χ0n) is 10.9. The number of piperidine rings is 1. The number of rotatable bonds is 3. The largest absolute Gasteiger partial charge is 0.369 e. The minimum Gasteiger partial charge on any atom is -0.369 e. The third-order valence-corrected chi connectivity index (χ3v) is 4.70. The van der Waals surface area contributed by atoms with Crippen LogP contribution in [0.4, 0.5) is 14.5 Å². The zero-order chi connectivity index (χ0) is 13.5. The van der Waals surface area contributed by atoms with Crippen molar-refractivity contribution in [2.75, 3.05) is 30.3 Å². The molecule has 5 heteroatoms. The van der Waals surface area contributed by atoms with Crippen LogP contribution in [-0.2, 0) is 4.74 Å². The van der Waals surface area contributed by atoms with Crippen molar-refractivity contribution >= 4 is 17.4 Å². The van der Waals surface area contributed by atoms with Gasteiger partial charge in [-0.05, 0) is 30.7 Å². The van der Waals surface area contributed by atoms with Gasteiger partial charge in [-0.25, -0.2) is 8.78 Å². The van der Waals surface area contributed by atoms with E-state index in [-0.39, 0.29) is 11.3 Å². The van der Waals surface area contributed by atoms with E-state index in [1.54, 1.807) is 4.90 Å². The van der Waals surface area contributed by atoms with E-state index in [1.165, 1.54) is 23.9 Å². The first-order valence-electron chi connectivity index (χ1n) is 6.64. The second-order valence-electron chi connectivity index (χ2n) is 5.13. The fraction of sp³-hybridized carbons (Fsp3) is 0.571. The van der Waals surface area contributed by atoms with E-state index in [4.69, 9.17) is 4.74 Å². The molecule has 2 fully saturated rings. The third-order valence-electron chi connectivity index (χ3n) is 3.84. The van der Waals surface area contributed by atoms with Gasteiger partial charge in [-0.15, -0.1) is 11.8 Å². The minimum atomic E-state index is -0.455. The van der Waals surface area contributed by atoms with Gasteiger partial charge in [-0.1, -0.05) is 6.92 Å². The second kappa shape index (κ2) is 4.94. The predicted octanol–water partition coefficient (Wildman–Crippen LogP) is 3.45. The number of halogens is 2. The Bertz CT molecular complexity index is 457. The molecule has 1 aromatic rings. The standard InChI is InChI=1S/C14H17F2NOS/c1-2-19-10-7-11(15)13(12(16)8-10)17-5-3-14(4-6-17)9-18-14/h7-8H,2-6,9H2,1H3. The van der Waals surface area contributed by atoms with Gasteiger partial charge in [0.05, 0.1) is 12.2 Å². The molecule has 19 heavy (non-hydrogen) atoms. The maximum absolute atomic E-state index is 14.1. The maximum Gasteiger partial charge on any atom is 0.150 e. The van der Waals surface area contributed by atoms with Gasteiger partial charge in [0.2, 0.25) is 0 Å². The second-order valence-corrected chi connectivity index (χ2v) is 6.46. The van der Waals surface area contributed by atoms with Crippen LogP contribution in [0.15, 0.2) is 17.0 Å². The molecule has 2 heterocycles. The molecule has 2 saturated heterocycles. The molecule has 0 aliphatic carbocycles. The van der Waals surface area contributed by atoms with Crippen molar-refractivity contribution in [3.63, 3.8) is 0 Å². The molecule has 0 radical (unpaired) electrons. The molecule has 2 aliphatic heterocycles. The molecular formula is C14H17F2NOS. The summed E-state index contributed by atoms with van der Waals surface area (Å²) in [5, 5.41) is 0. The Hall–Kier alpha value is -0.810. The Labute approximate surface area is 116 Å². The van der Waals surface area contributed by atoms with Crippen LogP contribution in [0, 0.1) is 11.6 Å². The summed E-state index contributed by atoms with van der Waals surface area (Å²) in [6.07, 6.45) is 1.72. The highest BCUT2D eigenvalue weighted by atomic mass is 32.2. The predicted molar refractivity (Wildman–Crippen MR) is 72.9 cm³/mol. The summed E-state index contributed by atoms with van der Waals surface area (Å²) < 4.78 is 33.6. The molecule has 2 aliphatic rings. The van der Waals surface area contributed by atoms with Gasteiger partial charge in [-0.3, -0.25) is 0 Å².